The molecule has 0 saturated heterocycles. The summed E-state index contributed by atoms with van der Waals surface area (Å²) in [5.74, 6) is -0.0637. The average Bonchev–Trinajstić information content (AvgIpc) is 2.39. The molecule has 1 unspecified atom stereocenters. The van der Waals surface area contributed by atoms with Crippen molar-refractivity contribution in [2.45, 2.75) is 19.1 Å². The van der Waals surface area contributed by atoms with Gasteiger partial charge in [0.05, 0.1) is 6.04 Å². The van der Waals surface area contributed by atoms with Crippen LogP contribution in [0.4, 0.5) is 19.1 Å². The Morgan fingerprint density at radius 2 is 2.00 bits per heavy atom. The van der Waals surface area contributed by atoms with E-state index in [1.165, 1.54) is 0 Å². The van der Waals surface area contributed by atoms with E-state index in [1.807, 2.05) is 6.07 Å². The standard InChI is InChI=1S/C12H11F3N4/c1-8(9-3-2-5-16-7-9)18-11-17-6-4-10(19-11)12(13,14)15/h2-8H,1H3,(H,17,18,19). The molecule has 0 saturated carbocycles. The third-order valence-electron chi connectivity index (χ3n) is 2.48. The van der Waals surface area contributed by atoms with E-state index in [9.17, 15) is 13.2 Å². The fourth-order valence-electron chi connectivity index (χ4n) is 1.50. The van der Waals surface area contributed by atoms with E-state index >= 15 is 0 Å². The molecule has 0 fully saturated rings. The summed E-state index contributed by atoms with van der Waals surface area (Å²) in [6.07, 6.45) is -0.146. The number of halogens is 3. The molecule has 2 aromatic heterocycles. The van der Waals surface area contributed by atoms with Crippen molar-refractivity contribution in [3.05, 3.63) is 48.0 Å². The molecule has 2 heterocycles. The van der Waals surface area contributed by atoms with Crippen LogP contribution in [0.1, 0.15) is 24.2 Å². The Kier molecular flexibility index (Phi) is 3.64. The van der Waals surface area contributed by atoms with Gasteiger partial charge in [0.15, 0.2) is 0 Å². The number of aromatic nitrogens is 3. The van der Waals surface area contributed by atoms with Gasteiger partial charge >= 0.3 is 6.18 Å². The maximum absolute atomic E-state index is 12.5. The third kappa shape index (κ3) is 3.40. The summed E-state index contributed by atoms with van der Waals surface area (Å²) in [7, 11) is 0. The van der Waals surface area contributed by atoms with Crippen LogP contribution < -0.4 is 5.32 Å². The first-order valence-corrected chi connectivity index (χ1v) is 5.53. The molecule has 2 rings (SSSR count). The molecular formula is C12H11F3N4. The predicted octanol–water partition coefficient (Wildman–Crippen LogP) is 3.06. The van der Waals surface area contributed by atoms with Crippen molar-refractivity contribution in [3.63, 3.8) is 0 Å². The number of alkyl halides is 3. The molecule has 0 amide bonds. The van der Waals surface area contributed by atoms with Crippen LogP contribution >= 0.6 is 0 Å². The van der Waals surface area contributed by atoms with Crippen LogP contribution in [0.25, 0.3) is 0 Å². The lowest BCUT2D eigenvalue weighted by Gasteiger charge is -2.14. The molecule has 7 heteroatoms. The lowest BCUT2D eigenvalue weighted by molar-refractivity contribution is -0.141. The van der Waals surface area contributed by atoms with Gasteiger partial charge in [0, 0.05) is 18.6 Å². The first kappa shape index (κ1) is 13.3. The molecule has 1 atom stereocenters. The van der Waals surface area contributed by atoms with Crippen molar-refractivity contribution in [3.8, 4) is 0 Å². The van der Waals surface area contributed by atoms with Crippen molar-refractivity contribution in [1.82, 2.24) is 15.0 Å². The Bertz CT molecular complexity index is 542. The normalized spacial score (nSPS) is 13.1. The summed E-state index contributed by atoms with van der Waals surface area (Å²) < 4.78 is 37.5. The van der Waals surface area contributed by atoms with Gasteiger partial charge in [-0.3, -0.25) is 4.98 Å². The zero-order chi connectivity index (χ0) is 13.9. The van der Waals surface area contributed by atoms with E-state index in [1.54, 1.807) is 25.4 Å². The van der Waals surface area contributed by atoms with Crippen molar-refractivity contribution >= 4 is 5.95 Å². The van der Waals surface area contributed by atoms with Crippen LogP contribution in [-0.2, 0) is 6.18 Å². The van der Waals surface area contributed by atoms with Gasteiger partial charge < -0.3 is 5.32 Å². The Morgan fingerprint density at radius 1 is 1.21 bits per heavy atom. The van der Waals surface area contributed by atoms with E-state index in [2.05, 4.69) is 20.3 Å². The van der Waals surface area contributed by atoms with Gasteiger partial charge in [0.2, 0.25) is 5.95 Å². The molecule has 4 nitrogen and oxygen atoms in total. The molecule has 1 N–H and O–H groups in total. The Morgan fingerprint density at radius 3 is 2.63 bits per heavy atom. The number of pyridine rings is 1. The van der Waals surface area contributed by atoms with Crippen molar-refractivity contribution in [2.75, 3.05) is 5.32 Å². The van der Waals surface area contributed by atoms with Gasteiger partial charge in [-0.1, -0.05) is 6.07 Å². The predicted molar refractivity (Wildman–Crippen MR) is 63.3 cm³/mol. The average molecular weight is 268 g/mol. The number of rotatable bonds is 3. The fourth-order valence-corrected chi connectivity index (χ4v) is 1.50. The van der Waals surface area contributed by atoms with E-state index in [0.717, 1.165) is 17.8 Å². The number of anilines is 1. The van der Waals surface area contributed by atoms with Crippen LogP contribution in [0.5, 0.6) is 0 Å². The second kappa shape index (κ2) is 5.21. The molecule has 0 aliphatic carbocycles. The summed E-state index contributed by atoms with van der Waals surface area (Å²) >= 11 is 0. The zero-order valence-electron chi connectivity index (χ0n) is 10.0. The molecule has 19 heavy (non-hydrogen) atoms. The van der Waals surface area contributed by atoms with Crippen LogP contribution in [-0.4, -0.2) is 15.0 Å². The highest BCUT2D eigenvalue weighted by atomic mass is 19.4. The molecule has 100 valence electrons. The summed E-state index contributed by atoms with van der Waals surface area (Å²) in [5, 5.41) is 2.81. The molecule has 0 aliphatic heterocycles. The highest BCUT2D eigenvalue weighted by Crippen LogP contribution is 2.28. The van der Waals surface area contributed by atoms with Crippen molar-refractivity contribution < 1.29 is 13.2 Å². The lowest BCUT2D eigenvalue weighted by Crippen LogP contribution is -2.13. The van der Waals surface area contributed by atoms with Crippen LogP contribution in [0.15, 0.2) is 36.8 Å². The second-order valence-electron chi connectivity index (χ2n) is 3.92. The number of hydrogen-bond donors (Lipinski definition) is 1. The summed E-state index contributed by atoms with van der Waals surface area (Å²) in [5.41, 5.74) is -0.133. The summed E-state index contributed by atoms with van der Waals surface area (Å²) in [6.45, 7) is 1.79. The summed E-state index contributed by atoms with van der Waals surface area (Å²) in [4.78, 5) is 11.2. The second-order valence-corrected chi connectivity index (χ2v) is 3.92. The smallest absolute Gasteiger partial charge is 0.348 e. The monoisotopic (exact) mass is 268 g/mol. The number of nitrogens with zero attached hydrogens (tertiary/aromatic N) is 3. The van der Waals surface area contributed by atoms with Gasteiger partial charge in [-0.2, -0.15) is 13.2 Å². The zero-order valence-corrected chi connectivity index (χ0v) is 10.0. The molecular weight excluding hydrogens is 257 g/mol. The van der Waals surface area contributed by atoms with Crippen LogP contribution in [0, 0.1) is 0 Å². The molecule has 0 bridgehead atoms. The van der Waals surface area contributed by atoms with E-state index < -0.39 is 11.9 Å². The highest BCUT2D eigenvalue weighted by Gasteiger charge is 2.32. The number of nitrogens with one attached hydrogen (secondary N) is 1. The first-order chi connectivity index (χ1) is 8.97. The van der Waals surface area contributed by atoms with E-state index in [4.69, 9.17) is 0 Å². The van der Waals surface area contributed by atoms with Gasteiger partial charge in [-0.15, -0.1) is 0 Å². The van der Waals surface area contributed by atoms with Crippen molar-refractivity contribution in [2.24, 2.45) is 0 Å². The Balaban J connectivity index is 2.16. The van der Waals surface area contributed by atoms with Crippen LogP contribution in [0.2, 0.25) is 0 Å². The third-order valence-corrected chi connectivity index (χ3v) is 2.48. The largest absolute Gasteiger partial charge is 0.433 e. The minimum absolute atomic E-state index is 0.0637. The quantitative estimate of drug-likeness (QED) is 0.929. The minimum atomic E-state index is -4.48. The molecule has 0 aromatic carbocycles. The molecule has 0 aliphatic rings. The lowest BCUT2D eigenvalue weighted by atomic mass is 10.1. The minimum Gasteiger partial charge on any atom is -0.348 e. The van der Waals surface area contributed by atoms with Gasteiger partial charge in [-0.25, -0.2) is 9.97 Å². The van der Waals surface area contributed by atoms with Crippen LogP contribution in [0.3, 0.4) is 0 Å². The topological polar surface area (TPSA) is 50.7 Å². The highest BCUT2D eigenvalue weighted by molar-refractivity contribution is 5.31. The maximum atomic E-state index is 12.5. The SMILES string of the molecule is CC(Nc1nccc(C(F)(F)F)n1)c1cccnc1. The molecule has 0 radical (unpaired) electrons. The summed E-state index contributed by atoms with van der Waals surface area (Å²) in [6, 6.07) is 4.16. The fraction of sp³-hybridized carbons (Fsp3) is 0.250. The van der Waals surface area contributed by atoms with E-state index in [0.29, 0.717) is 0 Å². The molecule has 2 aromatic rings. The Labute approximate surface area is 107 Å². The van der Waals surface area contributed by atoms with Crippen molar-refractivity contribution in [1.29, 1.82) is 0 Å². The molecule has 0 spiro atoms. The van der Waals surface area contributed by atoms with Gasteiger partial charge in [-0.05, 0) is 24.6 Å². The maximum Gasteiger partial charge on any atom is 0.433 e. The van der Waals surface area contributed by atoms with E-state index in [-0.39, 0.29) is 12.0 Å². The van der Waals surface area contributed by atoms with Gasteiger partial charge in [0.1, 0.15) is 5.69 Å². The number of hydrogen-bond acceptors (Lipinski definition) is 4. The Hall–Kier alpha value is -2.18. The van der Waals surface area contributed by atoms with Gasteiger partial charge in [0.25, 0.3) is 0 Å². The first-order valence-electron chi connectivity index (χ1n) is 5.53.